The zero-order valence-electron chi connectivity index (χ0n) is 13.2. The number of carbonyl (C=O) groups is 1. The topological polar surface area (TPSA) is 32.3 Å². The molecule has 1 saturated heterocycles. The number of hydrogen-bond donors (Lipinski definition) is 1. The number of piperazine rings is 1. The summed E-state index contributed by atoms with van der Waals surface area (Å²) in [6.45, 7) is 12.3. The molecule has 1 aliphatic rings. The van der Waals surface area contributed by atoms with E-state index in [4.69, 9.17) is 0 Å². The third-order valence-corrected chi connectivity index (χ3v) is 4.08. The lowest BCUT2D eigenvalue weighted by Crippen LogP contribution is -2.64. The molecule has 1 unspecified atom stereocenters. The highest BCUT2D eigenvalue weighted by Crippen LogP contribution is 2.22. The Morgan fingerprint density at radius 2 is 1.90 bits per heavy atom. The molecule has 1 aromatic rings. The number of nitrogens with zero attached hydrogens (tertiary/aromatic N) is 1. The minimum absolute atomic E-state index is 0.0221. The molecule has 20 heavy (non-hydrogen) atoms. The first kappa shape index (κ1) is 15.0. The first-order chi connectivity index (χ1) is 9.30. The highest BCUT2D eigenvalue weighted by atomic mass is 16.2. The zero-order valence-corrected chi connectivity index (χ0v) is 13.2. The average Bonchev–Trinajstić information content (AvgIpc) is 2.37. The molecule has 1 amide bonds. The van der Waals surface area contributed by atoms with Gasteiger partial charge in [0.2, 0.25) is 0 Å². The van der Waals surface area contributed by atoms with Gasteiger partial charge in [0.1, 0.15) is 0 Å². The van der Waals surface area contributed by atoms with Crippen LogP contribution in [0.5, 0.6) is 0 Å². The van der Waals surface area contributed by atoms with E-state index in [-0.39, 0.29) is 17.5 Å². The van der Waals surface area contributed by atoms with E-state index >= 15 is 0 Å². The molecule has 0 aliphatic carbocycles. The largest absolute Gasteiger partial charge is 0.332 e. The molecule has 0 aromatic heterocycles. The second kappa shape index (κ2) is 5.57. The van der Waals surface area contributed by atoms with Crippen molar-refractivity contribution in [2.75, 3.05) is 13.1 Å². The lowest BCUT2D eigenvalue weighted by molar-refractivity contribution is 0.0417. The van der Waals surface area contributed by atoms with Crippen molar-refractivity contribution in [1.29, 1.82) is 0 Å². The Kier molecular flexibility index (Phi) is 4.19. The summed E-state index contributed by atoms with van der Waals surface area (Å²) in [5.74, 6) is 0.603. The van der Waals surface area contributed by atoms with Gasteiger partial charge in [0.05, 0.1) is 0 Å². The molecule has 1 heterocycles. The number of hydrogen-bond acceptors (Lipinski definition) is 2. The van der Waals surface area contributed by atoms with Crippen molar-refractivity contribution in [3.8, 4) is 0 Å². The van der Waals surface area contributed by atoms with Gasteiger partial charge < -0.3 is 10.2 Å². The predicted octanol–water partition coefficient (Wildman–Crippen LogP) is 2.84. The number of benzene rings is 1. The molecule has 110 valence electrons. The zero-order chi connectivity index (χ0) is 14.9. The number of rotatable bonds is 2. The standard InChI is InChI=1S/C17H26N2O/c1-12(2)15-10-18-17(4,5)11-19(15)16(20)14-8-6-13(3)7-9-14/h6-9,12,15,18H,10-11H2,1-5H3. The summed E-state index contributed by atoms with van der Waals surface area (Å²) in [6, 6.07) is 8.14. The van der Waals surface area contributed by atoms with Crippen LogP contribution in [0.15, 0.2) is 24.3 Å². The van der Waals surface area contributed by atoms with Crippen LogP contribution in [-0.4, -0.2) is 35.5 Å². The van der Waals surface area contributed by atoms with Gasteiger partial charge in [0.25, 0.3) is 5.91 Å². The van der Waals surface area contributed by atoms with Crippen LogP contribution in [0.25, 0.3) is 0 Å². The Labute approximate surface area is 122 Å². The Hall–Kier alpha value is -1.35. The Morgan fingerprint density at radius 3 is 2.45 bits per heavy atom. The SMILES string of the molecule is Cc1ccc(C(=O)N2CC(C)(C)NCC2C(C)C)cc1. The Morgan fingerprint density at radius 1 is 1.30 bits per heavy atom. The highest BCUT2D eigenvalue weighted by molar-refractivity contribution is 5.94. The Bertz CT molecular complexity index is 476. The van der Waals surface area contributed by atoms with Gasteiger partial charge in [-0.15, -0.1) is 0 Å². The quantitative estimate of drug-likeness (QED) is 0.899. The molecule has 1 aliphatic heterocycles. The second-order valence-corrected chi connectivity index (χ2v) is 6.88. The second-order valence-electron chi connectivity index (χ2n) is 6.88. The molecule has 0 bridgehead atoms. The van der Waals surface area contributed by atoms with Gasteiger partial charge in [-0.05, 0) is 38.8 Å². The van der Waals surface area contributed by atoms with Gasteiger partial charge >= 0.3 is 0 Å². The summed E-state index contributed by atoms with van der Waals surface area (Å²) < 4.78 is 0. The molecule has 0 saturated carbocycles. The van der Waals surface area contributed by atoms with E-state index in [2.05, 4.69) is 33.0 Å². The van der Waals surface area contributed by atoms with Crippen LogP contribution >= 0.6 is 0 Å². The van der Waals surface area contributed by atoms with Crippen molar-refractivity contribution in [3.63, 3.8) is 0 Å². The lowest BCUT2D eigenvalue weighted by Gasteiger charge is -2.46. The van der Waals surface area contributed by atoms with E-state index < -0.39 is 0 Å². The molecule has 0 radical (unpaired) electrons. The van der Waals surface area contributed by atoms with Gasteiger partial charge in [-0.2, -0.15) is 0 Å². The summed E-state index contributed by atoms with van der Waals surface area (Å²) >= 11 is 0. The monoisotopic (exact) mass is 274 g/mol. The van der Waals surface area contributed by atoms with E-state index in [1.54, 1.807) is 0 Å². The number of carbonyl (C=O) groups excluding carboxylic acids is 1. The van der Waals surface area contributed by atoms with Crippen molar-refractivity contribution in [1.82, 2.24) is 10.2 Å². The predicted molar refractivity (Wildman–Crippen MR) is 82.9 cm³/mol. The summed E-state index contributed by atoms with van der Waals surface area (Å²) in [6.07, 6.45) is 0. The van der Waals surface area contributed by atoms with Gasteiger partial charge in [0, 0.05) is 30.2 Å². The molecular weight excluding hydrogens is 248 g/mol. The van der Waals surface area contributed by atoms with Crippen molar-refractivity contribution in [2.45, 2.75) is 46.2 Å². The lowest BCUT2D eigenvalue weighted by atomic mass is 9.92. The smallest absolute Gasteiger partial charge is 0.254 e. The maximum Gasteiger partial charge on any atom is 0.254 e. The first-order valence-electron chi connectivity index (χ1n) is 7.43. The summed E-state index contributed by atoms with van der Waals surface area (Å²) in [5, 5.41) is 3.54. The molecule has 3 nitrogen and oxygen atoms in total. The van der Waals surface area contributed by atoms with Crippen LogP contribution in [0.3, 0.4) is 0 Å². The van der Waals surface area contributed by atoms with Crippen LogP contribution in [0.1, 0.15) is 43.6 Å². The molecule has 1 aromatic carbocycles. The van der Waals surface area contributed by atoms with Gasteiger partial charge in [-0.3, -0.25) is 4.79 Å². The van der Waals surface area contributed by atoms with Crippen LogP contribution in [0, 0.1) is 12.8 Å². The van der Waals surface area contributed by atoms with E-state index in [0.29, 0.717) is 5.92 Å². The number of aryl methyl sites for hydroxylation is 1. The number of nitrogens with one attached hydrogen (secondary N) is 1. The molecule has 1 N–H and O–H groups in total. The van der Waals surface area contributed by atoms with Gasteiger partial charge in [-0.25, -0.2) is 0 Å². The van der Waals surface area contributed by atoms with Crippen LogP contribution < -0.4 is 5.32 Å². The van der Waals surface area contributed by atoms with E-state index in [1.807, 2.05) is 36.1 Å². The van der Waals surface area contributed by atoms with Crippen molar-refractivity contribution < 1.29 is 4.79 Å². The van der Waals surface area contributed by atoms with Crippen LogP contribution in [0.4, 0.5) is 0 Å². The molecule has 1 atom stereocenters. The maximum absolute atomic E-state index is 12.8. The van der Waals surface area contributed by atoms with Crippen molar-refractivity contribution in [3.05, 3.63) is 35.4 Å². The molecule has 1 fully saturated rings. The fourth-order valence-electron chi connectivity index (χ4n) is 2.77. The molecule has 0 spiro atoms. The fraction of sp³-hybridized carbons (Fsp3) is 0.588. The van der Waals surface area contributed by atoms with E-state index in [1.165, 1.54) is 5.56 Å². The molecule has 3 heteroatoms. The van der Waals surface area contributed by atoms with Crippen molar-refractivity contribution >= 4 is 5.91 Å². The summed E-state index contributed by atoms with van der Waals surface area (Å²) in [7, 11) is 0. The summed E-state index contributed by atoms with van der Waals surface area (Å²) in [5.41, 5.74) is 1.95. The van der Waals surface area contributed by atoms with Crippen LogP contribution in [-0.2, 0) is 0 Å². The third kappa shape index (κ3) is 3.21. The highest BCUT2D eigenvalue weighted by Gasteiger charge is 2.36. The average molecular weight is 274 g/mol. The minimum atomic E-state index is -0.0221. The fourth-order valence-corrected chi connectivity index (χ4v) is 2.77. The first-order valence-corrected chi connectivity index (χ1v) is 7.43. The minimum Gasteiger partial charge on any atom is -0.332 e. The summed E-state index contributed by atoms with van der Waals surface area (Å²) in [4.78, 5) is 14.9. The Balaban J connectivity index is 2.25. The van der Waals surface area contributed by atoms with E-state index in [0.717, 1.165) is 18.7 Å². The number of amides is 1. The van der Waals surface area contributed by atoms with Gasteiger partial charge in [-0.1, -0.05) is 31.5 Å². The van der Waals surface area contributed by atoms with Crippen molar-refractivity contribution in [2.24, 2.45) is 5.92 Å². The molecular formula is C17H26N2O. The normalized spacial score (nSPS) is 22.1. The third-order valence-electron chi connectivity index (χ3n) is 4.08. The van der Waals surface area contributed by atoms with Crippen LogP contribution in [0.2, 0.25) is 0 Å². The molecule has 2 rings (SSSR count). The van der Waals surface area contributed by atoms with Gasteiger partial charge in [0.15, 0.2) is 0 Å². The van der Waals surface area contributed by atoms with E-state index in [9.17, 15) is 4.79 Å². The maximum atomic E-state index is 12.8.